The predicted octanol–water partition coefficient (Wildman–Crippen LogP) is 0.443. The van der Waals surface area contributed by atoms with E-state index < -0.39 is 5.95 Å². The Morgan fingerprint density at radius 1 is 1.61 bits per heavy atom. The molecule has 1 N–H and O–H groups in total. The number of hydrogen-bond donors (Lipinski definition) is 1. The van der Waals surface area contributed by atoms with Gasteiger partial charge in [0.05, 0.1) is 24.4 Å². The number of nitrogens with zero attached hydrogens (tertiary/aromatic N) is 2. The number of pyridine rings is 1. The van der Waals surface area contributed by atoms with E-state index >= 15 is 0 Å². The van der Waals surface area contributed by atoms with E-state index in [0.717, 1.165) is 6.07 Å². The predicted molar refractivity (Wildman–Crippen MR) is 61.5 cm³/mol. The van der Waals surface area contributed by atoms with Gasteiger partial charge in [-0.25, -0.2) is 4.98 Å². The highest BCUT2D eigenvalue weighted by Crippen LogP contribution is 2.14. The van der Waals surface area contributed by atoms with Crippen molar-refractivity contribution in [2.75, 3.05) is 19.7 Å². The first-order valence-electron chi connectivity index (χ1n) is 5.77. The molecule has 2 atom stereocenters. The summed E-state index contributed by atoms with van der Waals surface area (Å²) in [6.07, 6.45) is 0.713. The molecule has 1 aromatic heterocycles. The molecule has 0 aliphatic carbocycles. The van der Waals surface area contributed by atoms with E-state index in [9.17, 15) is 9.18 Å². The minimum atomic E-state index is -0.616. The molecule has 98 valence electrons. The van der Waals surface area contributed by atoms with Crippen molar-refractivity contribution in [1.29, 1.82) is 0 Å². The van der Waals surface area contributed by atoms with Crippen molar-refractivity contribution in [2.45, 2.75) is 19.1 Å². The van der Waals surface area contributed by atoms with Crippen LogP contribution in [0.5, 0.6) is 0 Å². The number of ether oxygens (including phenoxy) is 1. The molecule has 0 aromatic carbocycles. The van der Waals surface area contributed by atoms with Gasteiger partial charge in [-0.2, -0.15) is 4.39 Å². The van der Waals surface area contributed by atoms with Gasteiger partial charge in [-0.15, -0.1) is 0 Å². The molecule has 0 bridgehead atoms. The van der Waals surface area contributed by atoms with Crippen LogP contribution in [0.15, 0.2) is 18.3 Å². The minimum Gasteiger partial charge on any atom is -0.394 e. The molecule has 1 aliphatic heterocycles. The number of halogens is 1. The Hall–Kier alpha value is -1.53. The molecule has 1 fully saturated rings. The Morgan fingerprint density at radius 3 is 3.00 bits per heavy atom. The standard InChI is InChI=1S/C12H15FN2O3/c1-8-5-15(6-10(7-16)18-8)12(17)9-2-3-11(13)14-4-9/h2-4,8,10,16H,5-7H2,1H3. The Balaban J connectivity index is 2.10. The smallest absolute Gasteiger partial charge is 0.255 e. The number of carbonyl (C=O) groups excluding carboxylic acids is 1. The molecular formula is C12H15FN2O3. The van der Waals surface area contributed by atoms with E-state index in [1.807, 2.05) is 6.92 Å². The van der Waals surface area contributed by atoms with Crippen LogP contribution in [0.1, 0.15) is 17.3 Å². The Labute approximate surface area is 104 Å². The number of amides is 1. The van der Waals surface area contributed by atoms with Gasteiger partial charge in [-0.1, -0.05) is 0 Å². The number of aliphatic hydroxyl groups excluding tert-OH is 1. The van der Waals surface area contributed by atoms with Crippen molar-refractivity contribution in [3.05, 3.63) is 29.8 Å². The molecule has 0 spiro atoms. The van der Waals surface area contributed by atoms with Crippen LogP contribution >= 0.6 is 0 Å². The van der Waals surface area contributed by atoms with E-state index in [2.05, 4.69) is 4.98 Å². The van der Waals surface area contributed by atoms with E-state index in [4.69, 9.17) is 9.84 Å². The van der Waals surface area contributed by atoms with E-state index in [1.165, 1.54) is 12.3 Å². The number of aliphatic hydroxyl groups is 1. The average Bonchev–Trinajstić information content (AvgIpc) is 2.38. The van der Waals surface area contributed by atoms with Gasteiger partial charge in [0.15, 0.2) is 0 Å². The summed E-state index contributed by atoms with van der Waals surface area (Å²) in [5.41, 5.74) is 0.335. The number of aromatic nitrogens is 1. The summed E-state index contributed by atoms with van der Waals surface area (Å²) in [5, 5.41) is 9.09. The Bertz CT molecular complexity index is 424. The topological polar surface area (TPSA) is 62.7 Å². The SMILES string of the molecule is CC1CN(C(=O)c2ccc(F)nc2)CC(CO)O1. The zero-order valence-corrected chi connectivity index (χ0v) is 10.0. The third kappa shape index (κ3) is 2.83. The van der Waals surface area contributed by atoms with Gasteiger partial charge in [-0.05, 0) is 19.1 Å². The van der Waals surface area contributed by atoms with Crippen molar-refractivity contribution in [3.8, 4) is 0 Å². The quantitative estimate of drug-likeness (QED) is 0.778. The fraction of sp³-hybridized carbons (Fsp3) is 0.500. The van der Waals surface area contributed by atoms with Gasteiger partial charge < -0.3 is 14.7 Å². The molecule has 0 saturated carbocycles. The van der Waals surface area contributed by atoms with Crippen molar-refractivity contribution >= 4 is 5.91 Å². The third-order valence-electron chi connectivity index (χ3n) is 2.79. The minimum absolute atomic E-state index is 0.129. The summed E-state index contributed by atoms with van der Waals surface area (Å²) in [7, 11) is 0. The van der Waals surface area contributed by atoms with Crippen LogP contribution in [0.3, 0.4) is 0 Å². The molecule has 6 heteroatoms. The maximum absolute atomic E-state index is 12.7. The zero-order chi connectivity index (χ0) is 13.1. The lowest BCUT2D eigenvalue weighted by Crippen LogP contribution is -2.50. The van der Waals surface area contributed by atoms with Crippen LogP contribution in [0.4, 0.5) is 4.39 Å². The van der Waals surface area contributed by atoms with Gasteiger partial charge in [0, 0.05) is 19.3 Å². The third-order valence-corrected chi connectivity index (χ3v) is 2.79. The van der Waals surface area contributed by atoms with Crippen molar-refractivity contribution in [3.63, 3.8) is 0 Å². The maximum atomic E-state index is 12.7. The highest BCUT2D eigenvalue weighted by Gasteiger charge is 2.28. The fourth-order valence-electron chi connectivity index (χ4n) is 2.00. The van der Waals surface area contributed by atoms with Crippen LogP contribution in [-0.2, 0) is 4.74 Å². The molecule has 1 saturated heterocycles. The highest BCUT2D eigenvalue weighted by molar-refractivity contribution is 5.94. The lowest BCUT2D eigenvalue weighted by Gasteiger charge is -2.36. The first-order valence-corrected chi connectivity index (χ1v) is 5.77. The van der Waals surface area contributed by atoms with Crippen LogP contribution in [0.2, 0.25) is 0 Å². The fourth-order valence-corrected chi connectivity index (χ4v) is 2.00. The summed E-state index contributed by atoms with van der Waals surface area (Å²) < 4.78 is 18.1. The largest absolute Gasteiger partial charge is 0.394 e. The second-order valence-corrected chi connectivity index (χ2v) is 4.33. The first kappa shape index (κ1) is 12.9. The number of hydrogen-bond acceptors (Lipinski definition) is 4. The van der Waals surface area contributed by atoms with Gasteiger partial charge >= 0.3 is 0 Å². The average molecular weight is 254 g/mol. The van der Waals surface area contributed by atoms with E-state index in [-0.39, 0.29) is 24.7 Å². The summed E-state index contributed by atoms with van der Waals surface area (Å²) in [4.78, 5) is 17.2. The molecule has 1 aliphatic rings. The van der Waals surface area contributed by atoms with Crippen molar-refractivity contribution in [1.82, 2.24) is 9.88 Å². The molecule has 2 rings (SSSR count). The van der Waals surface area contributed by atoms with Crippen molar-refractivity contribution < 1.29 is 19.0 Å². The summed E-state index contributed by atoms with van der Waals surface area (Å²) in [5.74, 6) is -0.841. The van der Waals surface area contributed by atoms with E-state index in [0.29, 0.717) is 18.7 Å². The molecule has 2 heterocycles. The monoisotopic (exact) mass is 254 g/mol. The lowest BCUT2D eigenvalue weighted by atomic mass is 10.2. The molecule has 1 amide bonds. The van der Waals surface area contributed by atoms with Gasteiger partial charge in [-0.3, -0.25) is 4.79 Å². The molecule has 0 radical (unpaired) electrons. The van der Waals surface area contributed by atoms with E-state index in [1.54, 1.807) is 4.90 Å². The van der Waals surface area contributed by atoms with Crippen LogP contribution in [0.25, 0.3) is 0 Å². The summed E-state index contributed by atoms with van der Waals surface area (Å²) in [6, 6.07) is 2.55. The number of rotatable bonds is 2. The normalized spacial score (nSPS) is 24.1. The highest BCUT2D eigenvalue weighted by atomic mass is 19.1. The van der Waals surface area contributed by atoms with Crippen molar-refractivity contribution in [2.24, 2.45) is 0 Å². The molecule has 5 nitrogen and oxygen atoms in total. The van der Waals surface area contributed by atoms with Gasteiger partial charge in [0.1, 0.15) is 0 Å². The maximum Gasteiger partial charge on any atom is 0.255 e. The second-order valence-electron chi connectivity index (χ2n) is 4.33. The molecule has 1 aromatic rings. The zero-order valence-electron chi connectivity index (χ0n) is 10.0. The molecular weight excluding hydrogens is 239 g/mol. The van der Waals surface area contributed by atoms with Gasteiger partial charge in [0.2, 0.25) is 5.95 Å². The Morgan fingerprint density at radius 2 is 2.39 bits per heavy atom. The van der Waals surface area contributed by atoms with Crippen LogP contribution in [-0.4, -0.2) is 52.8 Å². The summed E-state index contributed by atoms with van der Waals surface area (Å²) >= 11 is 0. The van der Waals surface area contributed by atoms with Crippen LogP contribution < -0.4 is 0 Å². The lowest BCUT2D eigenvalue weighted by molar-refractivity contribution is -0.0858. The number of carbonyl (C=O) groups is 1. The van der Waals surface area contributed by atoms with Gasteiger partial charge in [0.25, 0.3) is 5.91 Å². The van der Waals surface area contributed by atoms with Crippen LogP contribution in [0, 0.1) is 5.95 Å². The summed E-state index contributed by atoms with van der Waals surface area (Å²) in [6.45, 7) is 2.49. The first-order chi connectivity index (χ1) is 8.60. The Kier molecular flexibility index (Phi) is 3.88. The molecule has 2 unspecified atom stereocenters. The number of morpholine rings is 1. The molecule has 18 heavy (non-hydrogen) atoms. The second kappa shape index (κ2) is 5.41.